The van der Waals surface area contributed by atoms with Crippen molar-refractivity contribution in [2.24, 2.45) is 16.6 Å². The lowest BCUT2D eigenvalue weighted by Crippen LogP contribution is -2.85. The largest absolute Gasteiger partial charge is 0.479 e. The quantitative estimate of drug-likeness (QED) is 0.233. The number of aliphatic hydroxyl groups is 7. The van der Waals surface area contributed by atoms with Crippen LogP contribution in [0.25, 0.3) is 0 Å². The Bertz CT molecular complexity index is 531. The van der Waals surface area contributed by atoms with Gasteiger partial charge in [-0.05, 0) is 0 Å². The Hall–Kier alpha value is -1.54. The standard InChI is InChI=1S/C11H19N3O9/c12-9-13-7(20)2-3(16)10(23,1-15)4(17)5(18)11(2,14-9)6(19)8(21)22/h2-7,15-20,23H,1H2,(H,21,22)(H3,12,13,14)/t2-,3+,4-,5+,6-,7-,10+,11?/m1/s1. The van der Waals surface area contributed by atoms with Gasteiger partial charge in [0.05, 0.1) is 18.6 Å². The number of fused-ring (bicyclic) bond motifs is 1. The Balaban J connectivity index is 2.68. The monoisotopic (exact) mass is 337 g/mol. The highest BCUT2D eigenvalue weighted by Gasteiger charge is 2.71. The molecule has 1 aliphatic carbocycles. The molecule has 0 saturated heterocycles. The molecule has 1 heterocycles. The molecule has 0 amide bonds. The van der Waals surface area contributed by atoms with Crippen LogP contribution in [-0.2, 0) is 4.79 Å². The average Bonchev–Trinajstić information content (AvgIpc) is 2.48. The number of hydrogen-bond donors (Lipinski definition) is 10. The second kappa shape index (κ2) is 5.52. The van der Waals surface area contributed by atoms with Crippen molar-refractivity contribution >= 4 is 11.9 Å². The van der Waals surface area contributed by atoms with E-state index in [4.69, 9.17) is 10.8 Å². The third-order valence-corrected chi connectivity index (χ3v) is 4.58. The van der Waals surface area contributed by atoms with Gasteiger partial charge in [-0.2, -0.15) is 0 Å². The van der Waals surface area contributed by atoms with E-state index in [9.17, 15) is 40.5 Å². The molecule has 0 aromatic carbocycles. The maximum atomic E-state index is 11.2. The van der Waals surface area contributed by atoms with Crippen LogP contribution in [0.4, 0.5) is 0 Å². The number of aliphatic carboxylic acids is 1. The number of rotatable bonds is 3. The second-order valence-corrected chi connectivity index (χ2v) is 5.74. The van der Waals surface area contributed by atoms with Crippen LogP contribution in [0, 0.1) is 5.92 Å². The smallest absolute Gasteiger partial charge is 0.335 e. The minimum atomic E-state index is -2.68. The molecule has 2 rings (SSSR count). The normalized spacial score (nSPS) is 48.0. The number of guanidine groups is 1. The zero-order valence-electron chi connectivity index (χ0n) is 11.7. The lowest BCUT2D eigenvalue weighted by molar-refractivity contribution is -0.284. The number of nitrogens with two attached hydrogens (primary N) is 1. The first-order valence-electron chi connectivity index (χ1n) is 6.61. The number of carbonyl (C=O) groups is 1. The zero-order valence-corrected chi connectivity index (χ0v) is 11.7. The van der Waals surface area contributed by atoms with E-state index in [1.165, 1.54) is 0 Å². The van der Waals surface area contributed by atoms with Crippen molar-refractivity contribution in [3.8, 4) is 0 Å². The summed E-state index contributed by atoms with van der Waals surface area (Å²) < 4.78 is 0. The van der Waals surface area contributed by atoms with Crippen molar-refractivity contribution in [2.45, 2.75) is 41.8 Å². The van der Waals surface area contributed by atoms with E-state index in [2.05, 4.69) is 10.3 Å². The van der Waals surface area contributed by atoms with Crippen LogP contribution < -0.4 is 11.1 Å². The molecule has 1 saturated carbocycles. The van der Waals surface area contributed by atoms with Gasteiger partial charge in [-0.25, -0.2) is 9.79 Å². The van der Waals surface area contributed by atoms with E-state index in [-0.39, 0.29) is 0 Å². The van der Waals surface area contributed by atoms with Crippen molar-refractivity contribution in [1.29, 1.82) is 0 Å². The molecule has 8 atom stereocenters. The zero-order chi connectivity index (χ0) is 17.7. The van der Waals surface area contributed by atoms with Gasteiger partial charge in [0.15, 0.2) is 18.3 Å². The third-order valence-electron chi connectivity index (χ3n) is 4.58. The number of nitrogens with one attached hydrogen (secondary N) is 1. The summed E-state index contributed by atoms with van der Waals surface area (Å²) in [6, 6.07) is 0. The number of carboxylic acids is 1. The Kier molecular flexibility index (Phi) is 4.28. The van der Waals surface area contributed by atoms with Gasteiger partial charge in [0.25, 0.3) is 0 Å². The molecule has 1 unspecified atom stereocenters. The van der Waals surface area contributed by atoms with Crippen LogP contribution in [0.15, 0.2) is 4.99 Å². The first-order valence-corrected chi connectivity index (χ1v) is 6.61. The fourth-order valence-electron chi connectivity index (χ4n) is 3.33. The van der Waals surface area contributed by atoms with Crippen LogP contribution in [0.5, 0.6) is 0 Å². The maximum absolute atomic E-state index is 11.2. The average molecular weight is 337 g/mol. The van der Waals surface area contributed by atoms with Gasteiger partial charge >= 0.3 is 5.97 Å². The fraction of sp³-hybridized carbons (Fsp3) is 0.818. The summed E-state index contributed by atoms with van der Waals surface area (Å²) in [5.41, 5.74) is 0.252. The molecule has 132 valence electrons. The number of hydrogen-bond acceptors (Lipinski definition) is 11. The van der Waals surface area contributed by atoms with Gasteiger partial charge in [-0.3, -0.25) is 0 Å². The Morgan fingerprint density at radius 2 is 1.83 bits per heavy atom. The first-order chi connectivity index (χ1) is 10.5. The molecule has 11 N–H and O–H groups in total. The van der Waals surface area contributed by atoms with Gasteiger partial charge in [0.1, 0.15) is 23.3 Å². The summed E-state index contributed by atoms with van der Waals surface area (Å²) in [5, 5.41) is 81.4. The molecule has 0 spiro atoms. The molecule has 0 radical (unpaired) electrons. The molecule has 2 aliphatic rings. The maximum Gasteiger partial charge on any atom is 0.335 e. The number of nitrogens with zero attached hydrogens (tertiary/aromatic N) is 1. The highest BCUT2D eigenvalue weighted by Crippen LogP contribution is 2.45. The Labute approximate surface area is 129 Å². The second-order valence-electron chi connectivity index (χ2n) is 5.74. The summed E-state index contributed by atoms with van der Waals surface area (Å²) in [7, 11) is 0. The Morgan fingerprint density at radius 3 is 2.30 bits per heavy atom. The van der Waals surface area contributed by atoms with Crippen LogP contribution in [0.2, 0.25) is 0 Å². The van der Waals surface area contributed by atoms with E-state index >= 15 is 0 Å². The molecule has 1 aliphatic heterocycles. The topological polar surface area (TPSA) is 229 Å². The third kappa shape index (κ3) is 2.19. The van der Waals surface area contributed by atoms with Crippen molar-refractivity contribution < 1.29 is 45.6 Å². The molecule has 0 bridgehead atoms. The van der Waals surface area contributed by atoms with E-state index in [0.717, 1.165) is 0 Å². The number of aliphatic imine (C=N–C) groups is 1. The predicted octanol–water partition coefficient (Wildman–Crippen LogP) is -6.16. The highest BCUT2D eigenvalue weighted by atomic mass is 16.4. The van der Waals surface area contributed by atoms with Crippen molar-refractivity contribution in [1.82, 2.24) is 5.32 Å². The van der Waals surface area contributed by atoms with E-state index in [1.54, 1.807) is 0 Å². The molecular formula is C11H19N3O9. The van der Waals surface area contributed by atoms with Crippen molar-refractivity contribution in [3.05, 3.63) is 0 Å². The number of aliphatic hydroxyl groups excluding tert-OH is 6. The van der Waals surface area contributed by atoms with E-state index < -0.39 is 66.2 Å². The summed E-state index contributed by atoms with van der Waals surface area (Å²) in [6.07, 6.45) is -11.0. The molecule has 0 aromatic rings. The molecule has 12 heteroatoms. The number of carboxylic acid groups (broad SMARTS) is 1. The van der Waals surface area contributed by atoms with Crippen LogP contribution in [-0.4, -0.2) is 101 Å². The Morgan fingerprint density at radius 1 is 1.26 bits per heavy atom. The highest BCUT2D eigenvalue weighted by molar-refractivity contribution is 5.83. The van der Waals surface area contributed by atoms with Gasteiger partial charge < -0.3 is 51.9 Å². The van der Waals surface area contributed by atoms with E-state index in [1.807, 2.05) is 0 Å². The summed E-state index contributed by atoms with van der Waals surface area (Å²) in [4.78, 5) is 14.7. The minimum absolute atomic E-state index is 0.554. The summed E-state index contributed by atoms with van der Waals surface area (Å²) in [6.45, 7) is -1.21. The SMILES string of the molecule is NC1=N[C@H](O)[C@H]2[C@H](O)[C@@](O)(CO)[C@H](O)[C@H](O)C2([C@H](O)C(=O)O)N1. The predicted molar refractivity (Wildman–Crippen MR) is 70.7 cm³/mol. The minimum Gasteiger partial charge on any atom is -0.479 e. The summed E-state index contributed by atoms with van der Waals surface area (Å²) in [5.74, 6) is -4.21. The summed E-state index contributed by atoms with van der Waals surface area (Å²) >= 11 is 0. The molecule has 0 aromatic heterocycles. The first kappa shape index (κ1) is 17.8. The molecule has 1 fully saturated rings. The van der Waals surface area contributed by atoms with Gasteiger partial charge in [0.2, 0.25) is 0 Å². The van der Waals surface area contributed by atoms with Crippen LogP contribution in [0.1, 0.15) is 0 Å². The van der Waals surface area contributed by atoms with Gasteiger partial charge in [-0.15, -0.1) is 0 Å². The lowest BCUT2D eigenvalue weighted by Gasteiger charge is -2.59. The van der Waals surface area contributed by atoms with Crippen LogP contribution >= 0.6 is 0 Å². The van der Waals surface area contributed by atoms with Gasteiger partial charge in [-0.1, -0.05) is 0 Å². The fourth-order valence-corrected chi connectivity index (χ4v) is 3.33. The van der Waals surface area contributed by atoms with Crippen molar-refractivity contribution in [3.63, 3.8) is 0 Å². The van der Waals surface area contributed by atoms with Gasteiger partial charge in [0, 0.05) is 0 Å². The van der Waals surface area contributed by atoms with Crippen LogP contribution in [0.3, 0.4) is 0 Å². The molecule has 12 nitrogen and oxygen atoms in total. The lowest BCUT2D eigenvalue weighted by atomic mass is 9.58. The van der Waals surface area contributed by atoms with Crippen molar-refractivity contribution in [2.75, 3.05) is 6.61 Å². The van der Waals surface area contributed by atoms with E-state index in [0.29, 0.717) is 0 Å². The molecule has 23 heavy (non-hydrogen) atoms. The molecular weight excluding hydrogens is 318 g/mol.